The first-order valence-electron chi connectivity index (χ1n) is 6.22. The van der Waals surface area contributed by atoms with E-state index in [1.54, 1.807) is 18.4 Å². The predicted octanol–water partition coefficient (Wildman–Crippen LogP) is 2.49. The molecule has 2 unspecified atom stereocenters. The second-order valence-electron chi connectivity index (χ2n) is 4.25. The number of nitrogens with two attached hydrogens (primary N) is 1. The average molecular weight is 256 g/mol. The van der Waals surface area contributed by atoms with E-state index in [4.69, 9.17) is 10.5 Å². The summed E-state index contributed by atoms with van der Waals surface area (Å²) in [6.45, 7) is 6.82. The molecule has 4 heteroatoms. The first-order chi connectivity index (χ1) is 8.24. The van der Waals surface area contributed by atoms with Gasteiger partial charge in [-0.15, -0.1) is 11.3 Å². The Kier molecular flexibility index (Phi) is 6.73. The highest BCUT2D eigenvalue weighted by atomic mass is 32.1. The van der Waals surface area contributed by atoms with Crippen LogP contribution in [0, 0.1) is 0 Å². The highest BCUT2D eigenvalue weighted by Crippen LogP contribution is 2.26. The molecular weight excluding hydrogens is 232 g/mol. The van der Waals surface area contributed by atoms with Gasteiger partial charge in [-0.2, -0.15) is 0 Å². The fourth-order valence-electron chi connectivity index (χ4n) is 2.01. The Morgan fingerprint density at radius 2 is 2.29 bits per heavy atom. The summed E-state index contributed by atoms with van der Waals surface area (Å²) >= 11 is 1.78. The third kappa shape index (κ3) is 4.07. The minimum absolute atomic E-state index is 0.320. The normalized spacial score (nSPS) is 15.1. The van der Waals surface area contributed by atoms with Gasteiger partial charge in [0.1, 0.15) is 0 Å². The molecule has 0 amide bonds. The number of hydrogen-bond acceptors (Lipinski definition) is 4. The molecular formula is C13H24N2OS. The predicted molar refractivity (Wildman–Crippen MR) is 74.4 cm³/mol. The Morgan fingerprint density at radius 3 is 2.76 bits per heavy atom. The van der Waals surface area contributed by atoms with Crippen molar-refractivity contribution in [2.75, 3.05) is 26.8 Å². The van der Waals surface area contributed by atoms with E-state index in [0.717, 1.165) is 19.6 Å². The first kappa shape index (κ1) is 14.6. The van der Waals surface area contributed by atoms with Crippen LogP contribution in [0.25, 0.3) is 0 Å². The topological polar surface area (TPSA) is 38.5 Å². The van der Waals surface area contributed by atoms with Gasteiger partial charge in [0.25, 0.3) is 0 Å². The van der Waals surface area contributed by atoms with Gasteiger partial charge in [-0.05, 0) is 24.8 Å². The van der Waals surface area contributed by atoms with Crippen molar-refractivity contribution in [3.63, 3.8) is 0 Å². The summed E-state index contributed by atoms with van der Waals surface area (Å²) in [6.07, 6.45) is 1.13. The summed E-state index contributed by atoms with van der Waals surface area (Å²) < 4.78 is 5.20. The average Bonchev–Trinajstić information content (AvgIpc) is 2.87. The number of thiophene rings is 1. The van der Waals surface area contributed by atoms with Crippen LogP contribution in [0.4, 0.5) is 0 Å². The standard InChI is InChI=1S/C13H24N2OS/c1-4-11(2)15(7-8-16-3)12(10-14)13-6-5-9-17-13/h5-6,9,11-12H,4,7-8,10,14H2,1-3H3. The molecule has 98 valence electrons. The van der Waals surface area contributed by atoms with Crippen LogP contribution in [0.5, 0.6) is 0 Å². The van der Waals surface area contributed by atoms with Crippen molar-refractivity contribution >= 4 is 11.3 Å². The Bertz CT molecular complexity index is 290. The van der Waals surface area contributed by atoms with E-state index in [9.17, 15) is 0 Å². The van der Waals surface area contributed by atoms with Crippen LogP contribution in [0.3, 0.4) is 0 Å². The summed E-state index contributed by atoms with van der Waals surface area (Å²) in [7, 11) is 1.75. The molecule has 0 aromatic carbocycles. The fourth-order valence-corrected chi connectivity index (χ4v) is 2.87. The summed E-state index contributed by atoms with van der Waals surface area (Å²) in [5.41, 5.74) is 5.95. The highest BCUT2D eigenvalue weighted by Gasteiger charge is 2.23. The number of ether oxygens (including phenoxy) is 1. The fraction of sp³-hybridized carbons (Fsp3) is 0.692. The molecule has 1 heterocycles. The van der Waals surface area contributed by atoms with Crippen LogP contribution in [0.2, 0.25) is 0 Å². The van der Waals surface area contributed by atoms with E-state index >= 15 is 0 Å². The summed E-state index contributed by atoms with van der Waals surface area (Å²) in [5, 5.41) is 2.11. The monoisotopic (exact) mass is 256 g/mol. The van der Waals surface area contributed by atoms with Crippen LogP contribution < -0.4 is 5.73 Å². The quantitative estimate of drug-likeness (QED) is 0.776. The number of rotatable bonds is 8. The van der Waals surface area contributed by atoms with Crippen molar-refractivity contribution < 1.29 is 4.74 Å². The largest absolute Gasteiger partial charge is 0.383 e. The minimum Gasteiger partial charge on any atom is -0.383 e. The number of methoxy groups -OCH3 is 1. The molecule has 0 spiro atoms. The van der Waals surface area contributed by atoms with Crippen LogP contribution >= 0.6 is 11.3 Å². The van der Waals surface area contributed by atoms with Crippen molar-refractivity contribution in [2.45, 2.75) is 32.4 Å². The Balaban J connectivity index is 2.78. The Hall–Kier alpha value is -0.420. The van der Waals surface area contributed by atoms with Gasteiger partial charge >= 0.3 is 0 Å². The first-order valence-corrected chi connectivity index (χ1v) is 7.10. The van der Waals surface area contributed by atoms with E-state index in [-0.39, 0.29) is 0 Å². The van der Waals surface area contributed by atoms with E-state index in [0.29, 0.717) is 18.6 Å². The van der Waals surface area contributed by atoms with Crippen LogP contribution in [0.15, 0.2) is 17.5 Å². The van der Waals surface area contributed by atoms with Crippen molar-refractivity contribution in [1.29, 1.82) is 0 Å². The molecule has 3 nitrogen and oxygen atoms in total. The van der Waals surface area contributed by atoms with Crippen molar-refractivity contribution in [3.05, 3.63) is 22.4 Å². The van der Waals surface area contributed by atoms with Crippen LogP contribution in [0.1, 0.15) is 31.2 Å². The molecule has 0 radical (unpaired) electrons. The molecule has 2 N–H and O–H groups in total. The third-order valence-electron chi connectivity index (χ3n) is 3.21. The van der Waals surface area contributed by atoms with E-state index < -0.39 is 0 Å². The van der Waals surface area contributed by atoms with Gasteiger partial charge in [-0.25, -0.2) is 0 Å². The molecule has 1 rings (SSSR count). The molecule has 0 aliphatic rings. The number of nitrogens with zero attached hydrogens (tertiary/aromatic N) is 1. The van der Waals surface area contributed by atoms with Gasteiger partial charge < -0.3 is 10.5 Å². The molecule has 0 fully saturated rings. The lowest BCUT2D eigenvalue weighted by molar-refractivity contribution is 0.0915. The van der Waals surface area contributed by atoms with Gasteiger partial charge in [0.2, 0.25) is 0 Å². The van der Waals surface area contributed by atoms with E-state index in [1.807, 2.05) is 0 Å². The summed E-state index contributed by atoms with van der Waals surface area (Å²) in [6, 6.07) is 5.11. The number of hydrogen-bond donors (Lipinski definition) is 1. The molecule has 0 saturated carbocycles. The van der Waals surface area contributed by atoms with Crippen molar-refractivity contribution in [1.82, 2.24) is 4.90 Å². The SMILES string of the molecule is CCC(C)N(CCOC)C(CN)c1cccs1. The molecule has 17 heavy (non-hydrogen) atoms. The lowest BCUT2D eigenvalue weighted by Crippen LogP contribution is -2.41. The van der Waals surface area contributed by atoms with Crippen molar-refractivity contribution in [2.24, 2.45) is 5.73 Å². The van der Waals surface area contributed by atoms with E-state index in [2.05, 4.69) is 36.3 Å². The third-order valence-corrected chi connectivity index (χ3v) is 4.18. The maximum absolute atomic E-state index is 5.95. The van der Waals surface area contributed by atoms with Gasteiger partial charge in [-0.1, -0.05) is 13.0 Å². The smallest absolute Gasteiger partial charge is 0.0590 e. The van der Waals surface area contributed by atoms with Gasteiger partial charge in [0.05, 0.1) is 12.6 Å². The molecule has 0 aliphatic heterocycles. The maximum Gasteiger partial charge on any atom is 0.0590 e. The van der Waals surface area contributed by atoms with Gasteiger partial charge in [-0.3, -0.25) is 4.90 Å². The summed E-state index contributed by atoms with van der Waals surface area (Å²) in [5.74, 6) is 0. The Labute approximate surface area is 109 Å². The Morgan fingerprint density at radius 1 is 1.53 bits per heavy atom. The maximum atomic E-state index is 5.95. The molecule has 1 aromatic heterocycles. The lowest BCUT2D eigenvalue weighted by atomic mass is 10.1. The lowest BCUT2D eigenvalue weighted by Gasteiger charge is -2.35. The van der Waals surface area contributed by atoms with Crippen LogP contribution in [-0.2, 0) is 4.74 Å². The van der Waals surface area contributed by atoms with E-state index in [1.165, 1.54) is 4.88 Å². The van der Waals surface area contributed by atoms with Crippen molar-refractivity contribution in [3.8, 4) is 0 Å². The molecule has 0 saturated heterocycles. The van der Waals surface area contributed by atoms with Gasteiger partial charge in [0, 0.05) is 31.1 Å². The molecule has 1 aromatic rings. The molecule has 0 bridgehead atoms. The molecule has 0 aliphatic carbocycles. The van der Waals surface area contributed by atoms with Gasteiger partial charge in [0.15, 0.2) is 0 Å². The zero-order valence-electron chi connectivity index (χ0n) is 11.1. The zero-order chi connectivity index (χ0) is 12.7. The summed E-state index contributed by atoms with van der Waals surface area (Å²) in [4.78, 5) is 3.80. The minimum atomic E-state index is 0.320. The second kappa shape index (κ2) is 7.82. The molecule has 2 atom stereocenters. The second-order valence-corrected chi connectivity index (χ2v) is 5.23. The van der Waals surface area contributed by atoms with Crippen LogP contribution in [-0.4, -0.2) is 37.7 Å². The zero-order valence-corrected chi connectivity index (χ0v) is 11.9. The highest BCUT2D eigenvalue weighted by molar-refractivity contribution is 7.10.